The molecule has 0 saturated heterocycles. The molecule has 1 nitrogen and oxygen atoms in total. The van der Waals surface area contributed by atoms with Crippen LogP contribution in [0.2, 0.25) is 15.1 Å². The minimum absolute atomic E-state index is 0.648. The van der Waals surface area contributed by atoms with E-state index < -0.39 is 0 Å². The first-order valence-electron chi connectivity index (χ1n) is 6.30. The molecule has 0 aliphatic rings. The molecule has 0 N–H and O–H groups in total. The molecule has 1 aromatic heterocycles. The molecule has 3 rings (SSSR count). The fraction of sp³-hybridized carbons (Fsp3) is 0. The number of hydrogen-bond donors (Lipinski definition) is 0. The minimum Gasteiger partial charge on any atom is -0.263 e. The molecule has 3 aromatic rings. The summed E-state index contributed by atoms with van der Waals surface area (Å²) < 4.78 is 0. The number of nitrogens with zero attached hydrogens (tertiary/aromatic N) is 1. The molecule has 0 aliphatic carbocycles. The summed E-state index contributed by atoms with van der Waals surface area (Å²) in [6.45, 7) is 0. The largest absolute Gasteiger partial charge is 0.263 e. The quantitative estimate of drug-likeness (QED) is 0.530. The number of hydrogen-bond acceptors (Lipinski definition) is 1. The number of benzene rings is 2. The maximum atomic E-state index is 6.55. The molecule has 1 heterocycles. The third-order valence-electron chi connectivity index (χ3n) is 3.17. The van der Waals surface area contributed by atoms with Crippen molar-refractivity contribution < 1.29 is 0 Å². The first-order chi connectivity index (χ1) is 10.1. The molecule has 0 unspecified atom stereocenters. The van der Waals surface area contributed by atoms with Gasteiger partial charge in [0.05, 0.1) is 5.02 Å². The Morgan fingerprint density at radius 2 is 1.33 bits per heavy atom. The summed E-state index contributed by atoms with van der Waals surface area (Å²) in [6, 6.07) is 15.1. The topological polar surface area (TPSA) is 12.9 Å². The van der Waals surface area contributed by atoms with Gasteiger partial charge in [0.15, 0.2) is 0 Å². The average Bonchev–Trinajstić information content (AvgIpc) is 2.48. The van der Waals surface area contributed by atoms with Crippen molar-refractivity contribution in [3.63, 3.8) is 0 Å². The second kappa shape index (κ2) is 6.07. The normalized spacial score (nSPS) is 10.6. The lowest BCUT2D eigenvalue weighted by Gasteiger charge is -2.10. The summed E-state index contributed by atoms with van der Waals surface area (Å²) in [7, 11) is 0. The van der Waals surface area contributed by atoms with E-state index in [0.29, 0.717) is 15.1 Å². The standard InChI is InChI=1S/C17H10Cl3N/c18-13-6-4-11(5-7-13)15-9-21-10-16(17(15)20)12-2-1-3-14(19)8-12/h1-10H. The van der Waals surface area contributed by atoms with E-state index in [1.807, 2.05) is 48.5 Å². The van der Waals surface area contributed by atoms with Crippen LogP contribution in [0.3, 0.4) is 0 Å². The van der Waals surface area contributed by atoms with Gasteiger partial charge in [-0.2, -0.15) is 0 Å². The van der Waals surface area contributed by atoms with Gasteiger partial charge in [0.25, 0.3) is 0 Å². The van der Waals surface area contributed by atoms with Crippen LogP contribution in [0.4, 0.5) is 0 Å². The van der Waals surface area contributed by atoms with Crippen molar-refractivity contribution in [2.24, 2.45) is 0 Å². The molecule has 0 aliphatic heterocycles. The van der Waals surface area contributed by atoms with Gasteiger partial charge in [0.1, 0.15) is 0 Å². The van der Waals surface area contributed by atoms with Crippen LogP contribution in [-0.4, -0.2) is 4.98 Å². The summed E-state index contributed by atoms with van der Waals surface area (Å²) in [5.41, 5.74) is 3.63. The van der Waals surface area contributed by atoms with Gasteiger partial charge in [-0.15, -0.1) is 0 Å². The van der Waals surface area contributed by atoms with Gasteiger partial charge < -0.3 is 0 Å². The molecule has 0 saturated carbocycles. The van der Waals surface area contributed by atoms with Crippen molar-refractivity contribution in [1.82, 2.24) is 4.98 Å². The molecule has 0 amide bonds. The van der Waals surface area contributed by atoms with Crippen LogP contribution < -0.4 is 0 Å². The predicted octanol–water partition coefficient (Wildman–Crippen LogP) is 6.38. The van der Waals surface area contributed by atoms with Crippen LogP contribution in [-0.2, 0) is 0 Å². The lowest BCUT2D eigenvalue weighted by Crippen LogP contribution is -1.87. The second-order valence-corrected chi connectivity index (χ2v) is 5.82. The molecular formula is C17H10Cl3N. The molecule has 4 heteroatoms. The van der Waals surface area contributed by atoms with Gasteiger partial charge >= 0.3 is 0 Å². The van der Waals surface area contributed by atoms with E-state index in [0.717, 1.165) is 22.3 Å². The van der Waals surface area contributed by atoms with Crippen molar-refractivity contribution in [3.05, 3.63) is 76.0 Å². The summed E-state index contributed by atoms with van der Waals surface area (Å²) in [4.78, 5) is 4.29. The van der Waals surface area contributed by atoms with Gasteiger partial charge in [-0.1, -0.05) is 59.1 Å². The Labute approximate surface area is 138 Å². The van der Waals surface area contributed by atoms with E-state index in [-0.39, 0.29) is 0 Å². The summed E-state index contributed by atoms with van der Waals surface area (Å²) in [5.74, 6) is 0. The number of halogens is 3. The van der Waals surface area contributed by atoms with Crippen molar-refractivity contribution in [1.29, 1.82) is 0 Å². The number of pyridine rings is 1. The molecule has 21 heavy (non-hydrogen) atoms. The smallest absolute Gasteiger partial charge is 0.0593 e. The highest BCUT2D eigenvalue weighted by atomic mass is 35.5. The molecule has 0 bridgehead atoms. The second-order valence-electron chi connectivity index (χ2n) is 4.57. The lowest BCUT2D eigenvalue weighted by molar-refractivity contribution is 1.33. The Kier molecular flexibility index (Phi) is 4.16. The van der Waals surface area contributed by atoms with E-state index in [2.05, 4.69) is 4.98 Å². The van der Waals surface area contributed by atoms with Crippen molar-refractivity contribution in [2.45, 2.75) is 0 Å². The van der Waals surface area contributed by atoms with Gasteiger partial charge in [-0.05, 0) is 35.4 Å². The average molecular weight is 335 g/mol. The van der Waals surface area contributed by atoms with E-state index in [4.69, 9.17) is 34.8 Å². The lowest BCUT2D eigenvalue weighted by atomic mass is 10.0. The van der Waals surface area contributed by atoms with Crippen LogP contribution in [0.25, 0.3) is 22.3 Å². The monoisotopic (exact) mass is 333 g/mol. The maximum absolute atomic E-state index is 6.55. The SMILES string of the molecule is Clc1ccc(-c2cncc(-c3cccc(Cl)c3)c2Cl)cc1. The summed E-state index contributed by atoms with van der Waals surface area (Å²) in [6.07, 6.45) is 3.49. The van der Waals surface area contributed by atoms with Crippen LogP contribution in [0.1, 0.15) is 0 Å². The van der Waals surface area contributed by atoms with Crippen molar-refractivity contribution >= 4 is 34.8 Å². The van der Waals surface area contributed by atoms with Gasteiger partial charge in [0, 0.05) is 33.6 Å². The fourth-order valence-corrected chi connectivity index (χ4v) is 2.76. The van der Waals surface area contributed by atoms with E-state index >= 15 is 0 Å². The Morgan fingerprint density at radius 1 is 0.667 bits per heavy atom. The molecule has 0 fully saturated rings. The third kappa shape index (κ3) is 3.06. The fourth-order valence-electron chi connectivity index (χ4n) is 2.13. The van der Waals surface area contributed by atoms with E-state index in [1.165, 1.54) is 0 Å². The van der Waals surface area contributed by atoms with E-state index in [9.17, 15) is 0 Å². The van der Waals surface area contributed by atoms with Gasteiger partial charge in [-0.3, -0.25) is 4.98 Å². The van der Waals surface area contributed by atoms with Gasteiger partial charge in [0.2, 0.25) is 0 Å². The number of aromatic nitrogens is 1. The molecular weight excluding hydrogens is 325 g/mol. The first kappa shape index (κ1) is 14.4. The van der Waals surface area contributed by atoms with Gasteiger partial charge in [-0.25, -0.2) is 0 Å². The molecule has 104 valence electrons. The molecule has 2 aromatic carbocycles. The summed E-state index contributed by atoms with van der Waals surface area (Å²) >= 11 is 18.5. The highest BCUT2D eigenvalue weighted by molar-refractivity contribution is 6.36. The third-order valence-corrected chi connectivity index (χ3v) is 4.07. The zero-order valence-corrected chi connectivity index (χ0v) is 13.1. The Balaban J connectivity index is 2.13. The zero-order valence-electron chi connectivity index (χ0n) is 10.9. The predicted molar refractivity (Wildman–Crippen MR) is 90.1 cm³/mol. The van der Waals surface area contributed by atoms with Crippen molar-refractivity contribution in [3.8, 4) is 22.3 Å². The zero-order chi connectivity index (χ0) is 14.8. The minimum atomic E-state index is 0.648. The van der Waals surface area contributed by atoms with Crippen molar-refractivity contribution in [2.75, 3.05) is 0 Å². The van der Waals surface area contributed by atoms with Crippen LogP contribution in [0.5, 0.6) is 0 Å². The molecule has 0 atom stereocenters. The Hall–Kier alpha value is -1.54. The highest BCUT2D eigenvalue weighted by Gasteiger charge is 2.11. The van der Waals surface area contributed by atoms with Crippen LogP contribution in [0, 0.1) is 0 Å². The molecule has 0 radical (unpaired) electrons. The summed E-state index contributed by atoms with van der Waals surface area (Å²) in [5, 5.41) is 2.00. The van der Waals surface area contributed by atoms with Crippen LogP contribution >= 0.6 is 34.8 Å². The van der Waals surface area contributed by atoms with Crippen LogP contribution in [0.15, 0.2) is 60.9 Å². The Bertz CT molecular complexity index is 782. The number of rotatable bonds is 2. The molecule has 0 spiro atoms. The first-order valence-corrected chi connectivity index (χ1v) is 7.44. The Morgan fingerprint density at radius 3 is 2.00 bits per heavy atom. The highest BCUT2D eigenvalue weighted by Crippen LogP contribution is 2.36. The van der Waals surface area contributed by atoms with E-state index in [1.54, 1.807) is 12.4 Å². The maximum Gasteiger partial charge on any atom is 0.0593 e.